The van der Waals surface area contributed by atoms with E-state index in [0.29, 0.717) is 0 Å². The summed E-state index contributed by atoms with van der Waals surface area (Å²) in [4.78, 5) is 3.32. The summed E-state index contributed by atoms with van der Waals surface area (Å²) in [5, 5.41) is 1.10. The van der Waals surface area contributed by atoms with E-state index in [9.17, 15) is 0 Å². The van der Waals surface area contributed by atoms with Crippen LogP contribution in [0.2, 0.25) is 0 Å². The molecular weight excluding hydrogens is 188 g/mol. The Morgan fingerprint density at radius 2 is 2.13 bits per heavy atom. The number of H-pyrrole nitrogens is 1. The molecule has 0 fully saturated rings. The molecule has 2 rings (SSSR count). The minimum Gasteiger partial charge on any atom is -0.496 e. The van der Waals surface area contributed by atoms with Crippen LogP contribution in [0.1, 0.15) is 24.2 Å². The highest BCUT2D eigenvalue weighted by Crippen LogP contribution is 2.33. The average molecular weight is 204 g/mol. The van der Waals surface area contributed by atoms with Gasteiger partial charge in [0, 0.05) is 28.2 Å². The molecule has 1 aromatic heterocycles. The van der Waals surface area contributed by atoms with Crippen molar-refractivity contribution in [3.05, 3.63) is 29.5 Å². The van der Waals surface area contributed by atoms with Crippen LogP contribution in [0.5, 0.6) is 5.75 Å². The van der Waals surface area contributed by atoms with Crippen LogP contribution < -0.4 is 10.5 Å². The molecule has 1 unspecified atom stereocenters. The van der Waals surface area contributed by atoms with Crippen LogP contribution >= 0.6 is 0 Å². The number of nitrogens with one attached hydrogen (secondary N) is 1. The molecule has 0 spiro atoms. The number of nitrogens with two attached hydrogens (primary N) is 1. The van der Waals surface area contributed by atoms with Gasteiger partial charge in [0.25, 0.3) is 0 Å². The summed E-state index contributed by atoms with van der Waals surface area (Å²) in [5.74, 6) is 0.879. The molecule has 0 aliphatic rings. The zero-order valence-corrected chi connectivity index (χ0v) is 9.29. The standard InChI is InChI=1S/C12H16N2O/c1-7(13)11-8(2)14-9-5-4-6-10(15-3)12(9)11/h4-7,14H,13H2,1-3H3. The van der Waals surface area contributed by atoms with Gasteiger partial charge in [0.15, 0.2) is 0 Å². The molecule has 3 N–H and O–H groups in total. The van der Waals surface area contributed by atoms with Gasteiger partial charge in [0.1, 0.15) is 5.75 Å². The van der Waals surface area contributed by atoms with Crippen LogP contribution in [-0.4, -0.2) is 12.1 Å². The van der Waals surface area contributed by atoms with E-state index in [1.807, 2.05) is 32.0 Å². The van der Waals surface area contributed by atoms with Gasteiger partial charge in [-0.15, -0.1) is 0 Å². The molecule has 0 aliphatic heterocycles. The van der Waals surface area contributed by atoms with Crippen molar-refractivity contribution in [2.45, 2.75) is 19.9 Å². The van der Waals surface area contributed by atoms with Gasteiger partial charge >= 0.3 is 0 Å². The van der Waals surface area contributed by atoms with E-state index in [0.717, 1.165) is 27.9 Å². The van der Waals surface area contributed by atoms with E-state index in [1.165, 1.54) is 0 Å². The Labute approximate surface area is 89.2 Å². The third-order valence-corrected chi connectivity index (χ3v) is 2.70. The quantitative estimate of drug-likeness (QED) is 0.789. The first kappa shape index (κ1) is 10.1. The zero-order chi connectivity index (χ0) is 11.0. The largest absolute Gasteiger partial charge is 0.496 e. The first-order valence-electron chi connectivity index (χ1n) is 5.06. The third-order valence-electron chi connectivity index (χ3n) is 2.70. The molecule has 0 saturated heterocycles. The van der Waals surface area contributed by atoms with Crippen molar-refractivity contribution >= 4 is 10.9 Å². The maximum atomic E-state index is 5.97. The van der Waals surface area contributed by atoms with E-state index in [-0.39, 0.29) is 6.04 Å². The fraction of sp³-hybridized carbons (Fsp3) is 0.333. The number of aromatic nitrogens is 1. The van der Waals surface area contributed by atoms with Crippen LogP contribution in [0.4, 0.5) is 0 Å². The zero-order valence-electron chi connectivity index (χ0n) is 9.29. The van der Waals surface area contributed by atoms with E-state index in [1.54, 1.807) is 7.11 Å². The third kappa shape index (κ3) is 1.49. The van der Waals surface area contributed by atoms with Crippen molar-refractivity contribution < 1.29 is 4.74 Å². The van der Waals surface area contributed by atoms with Crippen molar-refractivity contribution in [1.29, 1.82) is 0 Å². The van der Waals surface area contributed by atoms with Crippen LogP contribution in [-0.2, 0) is 0 Å². The Morgan fingerprint density at radius 1 is 1.40 bits per heavy atom. The second-order valence-electron chi connectivity index (χ2n) is 3.84. The normalized spacial score (nSPS) is 13.1. The van der Waals surface area contributed by atoms with Crippen LogP contribution in [0.25, 0.3) is 10.9 Å². The minimum absolute atomic E-state index is 0.00931. The number of aromatic amines is 1. The number of fused-ring (bicyclic) bond motifs is 1. The predicted octanol–water partition coefficient (Wildman–Crippen LogP) is 2.50. The van der Waals surface area contributed by atoms with Gasteiger partial charge in [-0.05, 0) is 26.0 Å². The molecule has 1 atom stereocenters. The van der Waals surface area contributed by atoms with E-state index < -0.39 is 0 Å². The van der Waals surface area contributed by atoms with E-state index >= 15 is 0 Å². The molecule has 15 heavy (non-hydrogen) atoms. The van der Waals surface area contributed by atoms with Gasteiger partial charge in [-0.25, -0.2) is 0 Å². The Morgan fingerprint density at radius 3 is 2.73 bits per heavy atom. The number of benzene rings is 1. The van der Waals surface area contributed by atoms with Crippen molar-refractivity contribution in [2.24, 2.45) is 5.73 Å². The Kier molecular flexibility index (Phi) is 2.40. The van der Waals surface area contributed by atoms with E-state index in [2.05, 4.69) is 4.98 Å². The summed E-state index contributed by atoms with van der Waals surface area (Å²) in [6, 6.07) is 5.98. The summed E-state index contributed by atoms with van der Waals surface area (Å²) in [5.41, 5.74) is 9.31. The monoisotopic (exact) mass is 204 g/mol. The van der Waals surface area contributed by atoms with Crippen molar-refractivity contribution in [3.63, 3.8) is 0 Å². The SMILES string of the molecule is COc1cccc2[nH]c(C)c(C(C)N)c12. The summed E-state index contributed by atoms with van der Waals surface area (Å²) < 4.78 is 5.36. The highest BCUT2D eigenvalue weighted by molar-refractivity contribution is 5.90. The number of ether oxygens (including phenoxy) is 1. The highest BCUT2D eigenvalue weighted by atomic mass is 16.5. The van der Waals surface area contributed by atoms with Crippen molar-refractivity contribution in [2.75, 3.05) is 7.11 Å². The van der Waals surface area contributed by atoms with Gasteiger partial charge in [-0.3, -0.25) is 0 Å². The van der Waals surface area contributed by atoms with E-state index in [4.69, 9.17) is 10.5 Å². The molecule has 80 valence electrons. The Hall–Kier alpha value is -1.48. The van der Waals surface area contributed by atoms with Gasteiger partial charge in [-0.1, -0.05) is 6.07 Å². The second kappa shape index (κ2) is 3.59. The van der Waals surface area contributed by atoms with Crippen molar-refractivity contribution in [3.8, 4) is 5.75 Å². The second-order valence-corrected chi connectivity index (χ2v) is 3.84. The van der Waals surface area contributed by atoms with Gasteiger partial charge < -0.3 is 15.5 Å². The summed E-state index contributed by atoms with van der Waals surface area (Å²) in [6.45, 7) is 4.03. The molecule has 0 bridgehead atoms. The van der Waals surface area contributed by atoms with Gasteiger partial charge in [-0.2, -0.15) is 0 Å². The fourth-order valence-electron chi connectivity index (χ4n) is 2.11. The summed E-state index contributed by atoms with van der Waals surface area (Å²) >= 11 is 0. The summed E-state index contributed by atoms with van der Waals surface area (Å²) in [6.07, 6.45) is 0. The molecule has 0 aliphatic carbocycles. The molecule has 0 saturated carbocycles. The average Bonchev–Trinajstić information content (AvgIpc) is 2.53. The number of rotatable bonds is 2. The first-order chi connectivity index (χ1) is 7.15. The number of hydrogen-bond donors (Lipinski definition) is 2. The summed E-state index contributed by atoms with van der Waals surface area (Å²) in [7, 11) is 1.68. The molecule has 0 amide bonds. The molecule has 3 heteroatoms. The number of aryl methyl sites for hydroxylation is 1. The van der Waals surface area contributed by atoms with Crippen LogP contribution in [0.15, 0.2) is 18.2 Å². The molecule has 1 heterocycles. The van der Waals surface area contributed by atoms with Crippen molar-refractivity contribution in [1.82, 2.24) is 4.98 Å². The smallest absolute Gasteiger partial charge is 0.128 e. The maximum Gasteiger partial charge on any atom is 0.128 e. The van der Waals surface area contributed by atoms with Crippen LogP contribution in [0.3, 0.4) is 0 Å². The maximum absolute atomic E-state index is 5.97. The molecule has 1 aromatic carbocycles. The minimum atomic E-state index is 0.00931. The lowest BCUT2D eigenvalue weighted by molar-refractivity contribution is 0.419. The Bertz CT molecular complexity index is 486. The molecule has 2 aromatic rings. The molecule has 3 nitrogen and oxygen atoms in total. The number of methoxy groups -OCH3 is 1. The highest BCUT2D eigenvalue weighted by Gasteiger charge is 2.15. The van der Waals surface area contributed by atoms with Gasteiger partial charge in [0.2, 0.25) is 0 Å². The lowest BCUT2D eigenvalue weighted by Crippen LogP contribution is -2.06. The molecule has 0 radical (unpaired) electrons. The Balaban J connectivity index is 2.82. The lowest BCUT2D eigenvalue weighted by atomic mass is 10.0. The molecular formula is C12H16N2O. The first-order valence-corrected chi connectivity index (χ1v) is 5.06. The fourth-order valence-corrected chi connectivity index (χ4v) is 2.11. The van der Waals surface area contributed by atoms with Crippen LogP contribution in [0, 0.1) is 6.92 Å². The van der Waals surface area contributed by atoms with Gasteiger partial charge in [0.05, 0.1) is 7.11 Å². The lowest BCUT2D eigenvalue weighted by Gasteiger charge is -2.08. The predicted molar refractivity (Wildman–Crippen MR) is 62.2 cm³/mol. The topological polar surface area (TPSA) is 51.0 Å². The number of hydrogen-bond acceptors (Lipinski definition) is 2.